The number of aliphatic hydroxyl groups is 1. The van der Waals surface area contributed by atoms with E-state index in [0.29, 0.717) is 17.7 Å². The Labute approximate surface area is 116 Å². The van der Waals surface area contributed by atoms with E-state index in [2.05, 4.69) is 14.5 Å². The van der Waals surface area contributed by atoms with Gasteiger partial charge in [-0.25, -0.2) is 0 Å². The van der Waals surface area contributed by atoms with Gasteiger partial charge in [0.25, 0.3) is 0 Å². The van der Waals surface area contributed by atoms with E-state index in [0.717, 1.165) is 0 Å². The zero-order valence-electron chi connectivity index (χ0n) is 11.1. The lowest BCUT2D eigenvalue weighted by Crippen LogP contribution is -2.28. The molecule has 2 N–H and O–H groups in total. The summed E-state index contributed by atoms with van der Waals surface area (Å²) in [6.07, 6.45) is -0.994. The molecule has 0 aliphatic carbocycles. The highest BCUT2D eigenvalue weighted by molar-refractivity contribution is 7.32. The SMILES string of the molecule is CC[C@](C)(N=[N+]=[N-])Oc1ccc(C(O)O[PH](=O)O)cc1. The summed E-state index contributed by atoms with van der Waals surface area (Å²) in [5, 5.41) is 13.1. The summed E-state index contributed by atoms with van der Waals surface area (Å²) in [4.78, 5) is 11.3. The zero-order chi connectivity index (χ0) is 15.2. The molecule has 0 aliphatic rings. The van der Waals surface area contributed by atoms with Crippen LogP contribution in [0.1, 0.15) is 32.1 Å². The van der Waals surface area contributed by atoms with Crippen LogP contribution in [0.25, 0.3) is 10.4 Å². The van der Waals surface area contributed by atoms with Gasteiger partial charge < -0.3 is 14.7 Å². The third kappa shape index (κ3) is 4.85. The highest BCUT2D eigenvalue weighted by atomic mass is 31.1. The lowest BCUT2D eigenvalue weighted by Gasteiger charge is -2.24. The lowest BCUT2D eigenvalue weighted by atomic mass is 10.2. The van der Waals surface area contributed by atoms with Crippen molar-refractivity contribution in [2.24, 2.45) is 5.11 Å². The van der Waals surface area contributed by atoms with Crippen molar-refractivity contribution in [1.29, 1.82) is 0 Å². The molecule has 1 rings (SSSR count). The van der Waals surface area contributed by atoms with Gasteiger partial charge in [0, 0.05) is 10.5 Å². The molecule has 9 heteroatoms. The first-order valence-corrected chi connectivity index (χ1v) is 7.09. The Kier molecular flexibility index (Phi) is 6.01. The second kappa shape index (κ2) is 7.28. The summed E-state index contributed by atoms with van der Waals surface area (Å²) in [6.45, 7) is 3.47. The van der Waals surface area contributed by atoms with Crippen LogP contribution >= 0.6 is 8.25 Å². The molecule has 0 saturated carbocycles. The summed E-state index contributed by atoms with van der Waals surface area (Å²) >= 11 is 0. The van der Waals surface area contributed by atoms with Gasteiger partial charge in [0.1, 0.15) is 5.75 Å². The van der Waals surface area contributed by atoms with Crippen LogP contribution < -0.4 is 4.74 Å². The van der Waals surface area contributed by atoms with E-state index < -0.39 is 20.3 Å². The number of azide groups is 1. The number of ether oxygens (including phenoxy) is 1. The first kappa shape index (κ1) is 16.5. The van der Waals surface area contributed by atoms with Crippen molar-refractivity contribution in [2.75, 3.05) is 0 Å². The average Bonchev–Trinajstić information content (AvgIpc) is 2.39. The minimum atomic E-state index is -3.22. The van der Waals surface area contributed by atoms with E-state index in [1.807, 2.05) is 6.92 Å². The highest BCUT2D eigenvalue weighted by Crippen LogP contribution is 2.29. The van der Waals surface area contributed by atoms with Crippen LogP contribution in [0, 0.1) is 0 Å². The van der Waals surface area contributed by atoms with Gasteiger partial charge in [-0.2, -0.15) is 0 Å². The number of nitrogens with zero attached hydrogens (tertiary/aromatic N) is 3. The molecule has 20 heavy (non-hydrogen) atoms. The molecule has 1 aromatic carbocycles. The van der Waals surface area contributed by atoms with Gasteiger partial charge in [-0.3, -0.25) is 9.09 Å². The Bertz CT molecular complexity index is 517. The van der Waals surface area contributed by atoms with Gasteiger partial charge in [0.2, 0.25) is 0 Å². The Morgan fingerprint density at radius 3 is 2.55 bits per heavy atom. The summed E-state index contributed by atoms with van der Waals surface area (Å²) in [5.41, 5.74) is 7.80. The summed E-state index contributed by atoms with van der Waals surface area (Å²) in [7, 11) is -3.22. The summed E-state index contributed by atoms with van der Waals surface area (Å²) in [6, 6.07) is 6.04. The molecule has 110 valence electrons. The van der Waals surface area contributed by atoms with Crippen LogP contribution in [0.3, 0.4) is 0 Å². The third-order valence-corrected chi connectivity index (χ3v) is 3.05. The molecule has 0 aromatic heterocycles. The van der Waals surface area contributed by atoms with Crippen molar-refractivity contribution in [3.8, 4) is 5.75 Å². The van der Waals surface area contributed by atoms with Gasteiger partial charge in [0.05, 0.1) is 0 Å². The maximum atomic E-state index is 10.5. The van der Waals surface area contributed by atoms with Crippen LogP contribution in [-0.2, 0) is 9.09 Å². The van der Waals surface area contributed by atoms with Crippen molar-refractivity contribution < 1.29 is 23.8 Å². The Balaban J connectivity index is 2.81. The first-order chi connectivity index (χ1) is 9.40. The Hall–Kier alpha value is -1.56. The van der Waals surface area contributed by atoms with E-state index >= 15 is 0 Å². The number of aliphatic hydroxyl groups excluding tert-OH is 1. The van der Waals surface area contributed by atoms with E-state index in [1.165, 1.54) is 24.3 Å². The van der Waals surface area contributed by atoms with Gasteiger partial charge in [-0.1, -0.05) is 19.1 Å². The molecule has 0 heterocycles. The molecule has 0 radical (unpaired) electrons. The molecule has 0 saturated heterocycles. The minimum Gasteiger partial charge on any atom is -0.481 e. The largest absolute Gasteiger partial charge is 0.481 e. The highest BCUT2D eigenvalue weighted by Gasteiger charge is 2.22. The minimum absolute atomic E-state index is 0.312. The van der Waals surface area contributed by atoms with Crippen molar-refractivity contribution in [3.63, 3.8) is 0 Å². The summed E-state index contributed by atoms with van der Waals surface area (Å²) < 4.78 is 20.4. The molecule has 1 aromatic rings. The molecule has 3 atom stereocenters. The fraction of sp³-hybridized carbons (Fsp3) is 0.455. The molecule has 0 aliphatic heterocycles. The standard InChI is InChI=1S/C11H16N3O5P/c1-3-11(2,13-14-12)18-9-6-4-8(5-7-9)10(15)19-20(16)17/h4-7,10,15,20H,3H2,1-2H3,(H,16,17)/t10?,11-/m1/s1. The zero-order valence-corrected chi connectivity index (χ0v) is 12.1. The first-order valence-electron chi connectivity index (χ1n) is 5.83. The predicted octanol–water partition coefficient (Wildman–Crippen LogP) is 2.89. The molecule has 0 fully saturated rings. The van der Waals surface area contributed by atoms with Gasteiger partial charge in [-0.05, 0) is 36.1 Å². The van der Waals surface area contributed by atoms with E-state index in [4.69, 9.17) is 15.2 Å². The molecule has 0 spiro atoms. The molecular formula is C11H16N3O5P. The normalized spacial score (nSPS) is 16.6. The number of hydrogen-bond acceptors (Lipinski definition) is 5. The number of benzene rings is 1. The smallest absolute Gasteiger partial charge is 0.319 e. The Morgan fingerprint density at radius 1 is 1.50 bits per heavy atom. The van der Waals surface area contributed by atoms with Crippen LogP contribution in [-0.4, -0.2) is 15.7 Å². The van der Waals surface area contributed by atoms with Crippen LogP contribution in [0.5, 0.6) is 5.75 Å². The van der Waals surface area contributed by atoms with Crippen LogP contribution in [0.4, 0.5) is 0 Å². The topological polar surface area (TPSA) is 125 Å². The molecule has 8 nitrogen and oxygen atoms in total. The fourth-order valence-corrected chi connectivity index (χ4v) is 1.70. The average molecular weight is 301 g/mol. The Morgan fingerprint density at radius 2 is 2.10 bits per heavy atom. The van der Waals surface area contributed by atoms with Gasteiger partial charge >= 0.3 is 8.25 Å². The quantitative estimate of drug-likeness (QED) is 0.263. The molecule has 2 unspecified atom stereocenters. The number of rotatable bonds is 7. The monoisotopic (exact) mass is 301 g/mol. The maximum absolute atomic E-state index is 10.5. The van der Waals surface area contributed by atoms with Crippen LogP contribution in [0.2, 0.25) is 0 Å². The van der Waals surface area contributed by atoms with Crippen molar-refractivity contribution in [1.82, 2.24) is 0 Å². The molecular weight excluding hydrogens is 285 g/mol. The van der Waals surface area contributed by atoms with Gasteiger partial charge in [-0.15, -0.1) is 0 Å². The van der Waals surface area contributed by atoms with Crippen LogP contribution in [0.15, 0.2) is 29.4 Å². The van der Waals surface area contributed by atoms with E-state index in [-0.39, 0.29) is 0 Å². The predicted molar refractivity (Wildman–Crippen MR) is 72.2 cm³/mol. The molecule has 0 bridgehead atoms. The van der Waals surface area contributed by atoms with Crippen molar-refractivity contribution >= 4 is 8.25 Å². The second-order valence-electron chi connectivity index (χ2n) is 4.13. The lowest BCUT2D eigenvalue weighted by molar-refractivity contribution is -0.0208. The van der Waals surface area contributed by atoms with Crippen molar-refractivity contribution in [2.45, 2.75) is 32.3 Å². The molecule has 0 amide bonds. The van der Waals surface area contributed by atoms with Crippen molar-refractivity contribution in [3.05, 3.63) is 40.3 Å². The second-order valence-corrected chi connectivity index (χ2v) is 4.89. The fourth-order valence-electron chi connectivity index (χ4n) is 1.38. The third-order valence-electron chi connectivity index (χ3n) is 2.63. The maximum Gasteiger partial charge on any atom is 0.319 e. The summed E-state index contributed by atoms with van der Waals surface area (Å²) in [5.74, 6) is 0.439. The number of hydrogen-bond donors (Lipinski definition) is 2. The van der Waals surface area contributed by atoms with E-state index in [9.17, 15) is 9.67 Å². The van der Waals surface area contributed by atoms with Gasteiger partial charge in [0.15, 0.2) is 12.0 Å². The van der Waals surface area contributed by atoms with E-state index in [1.54, 1.807) is 6.92 Å².